The van der Waals surface area contributed by atoms with Gasteiger partial charge in [-0.05, 0) is 42.8 Å². The van der Waals surface area contributed by atoms with Crippen LogP contribution < -0.4 is 5.73 Å². The molecule has 3 N–H and O–H groups in total. The summed E-state index contributed by atoms with van der Waals surface area (Å²) in [7, 11) is 0. The molecule has 5 heteroatoms. The first-order chi connectivity index (χ1) is 9.63. The maximum absolute atomic E-state index is 13.9. The van der Waals surface area contributed by atoms with Crippen molar-refractivity contribution in [3.63, 3.8) is 0 Å². The van der Waals surface area contributed by atoms with Gasteiger partial charge in [-0.15, -0.1) is 0 Å². The molecule has 1 aromatic carbocycles. The lowest BCUT2D eigenvalue weighted by Gasteiger charge is -2.02. The number of nitrogen functional groups attached to an aromatic ring is 1. The second-order valence-electron chi connectivity index (χ2n) is 4.57. The molecular weight excluding hydrogens is 255 g/mol. The molecule has 3 rings (SSSR count). The Labute approximate surface area is 115 Å². The van der Waals surface area contributed by atoms with Crippen LogP contribution in [0.5, 0.6) is 0 Å². The van der Waals surface area contributed by atoms with Gasteiger partial charge in [0.15, 0.2) is 0 Å². The molecule has 0 spiro atoms. The Morgan fingerprint density at radius 1 is 1.10 bits per heavy atom. The molecule has 0 aliphatic carbocycles. The molecule has 20 heavy (non-hydrogen) atoms. The molecule has 3 aromatic rings. The smallest absolute Gasteiger partial charge is 0.220 e. The third-order valence-corrected chi connectivity index (χ3v) is 3.05. The molecular formula is C15H13FN4. The van der Waals surface area contributed by atoms with Crippen LogP contribution in [0.1, 0.15) is 5.56 Å². The monoisotopic (exact) mass is 268 g/mol. The molecule has 0 aliphatic heterocycles. The zero-order valence-corrected chi connectivity index (χ0v) is 10.9. The van der Waals surface area contributed by atoms with Crippen LogP contribution in [0.4, 0.5) is 10.3 Å². The minimum atomic E-state index is -0.249. The average Bonchev–Trinajstić information content (AvgIpc) is 2.88. The summed E-state index contributed by atoms with van der Waals surface area (Å²) < 4.78 is 13.9. The minimum absolute atomic E-state index is 0.208. The quantitative estimate of drug-likeness (QED) is 0.750. The number of nitrogens with one attached hydrogen (secondary N) is 1. The topological polar surface area (TPSA) is 67.6 Å². The Bertz CT molecular complexity index is 764. The van der Waals surface area contributed by atoms with Crippen molar-refractivity contribution in [2.24, 2.45) is 0 Å². The van der Waals surface area contributed by atoms with Gasteiger partial charge < -0.3 is 10.7 Å². The molecule has 0 saturated carbocycles. The normalized spacial score (nSPS) is 10.7. The molecule has 0 unspecified atom stereocenters. The lowest BCUT2D eigenvalue weighted by Crippen LogP contribution is -1.95. The van der Waals surface area contributed by atoms with Gasteiger partial charge in [0.1, 0.15) is 5.82 Å². The zero-order chi connectivity index (χ0) is 14.1. The third kappa shape index (κ3) is 2.25. The van der Waals surface area contributed by atoms with Crippen molar-refractivity contribution >= 4 is 5.95 Å². The predicted octanol–water partition coefficient (Wildman–Crippen LogP) is 3.17. The fraction of sp³-hybridized carbons (Fsp3) is 0.0667. The Morgan fingerprint density at radius 3 is 2.65 bits per heavy atom. The molecule has 0 saturated heterocycles. The summed E-state index contributed by atoms with van der Waals surface area (Å²) in [5, 5.41) is 0. The number of anilines is 1. The second-order valence-corrected chi connectivity index (χ2v) is 4.57. The van der Waals surface area contributed by atoms with Crippen molar-refractivity contribution < 1.29 is 4.39 Å². The van der Waals surface area contributed by atoms with Crippen LogP contribution >= 0.6 is 0 Å². The van der Waals surface area contributed by atoms with Crippen molar-refractivity contribution in [2.75, 3.05) is 5.73 Å². The molecule has 0 bridgehead atoms. The zero-order valence-electron chi connectivity index (χ0n) is 10.9. The van der Waals surface area contributed by atoms with E-state index >= 15 is 0 Å². The number of nitrogens with two attached hydrogens (primary N) is 1. The Morgan fingerprint density at radius 2 is 1.90 bits per heavy atom. The van der Waals surface area contributed by atoms with Crippen LogP contribution in [-0.2, 0) is 0 Å². The number of hydrogen-bond donors (Lipinski definition) is 2. The number of halogens is 1. The van der Waals surface area contributed by atoms with Crippen LogP contribution in [0.2, 0.25) is 0 Å². The van der Waals surface area contributed by atoms with Gasteiger partial charge in [0, 0.05) is 17.5 Å². The Kier molecular flexibility index (Phi) is 2.95. The van der Waals surface area contributed by atoms with E-state index in [-0.39, 0.29) is 11.8 Å². The lowest BCUT2D eigenvalue weighted by molar-refractivity contribution is 0.629. The highest BCUT2D eigenvalue weighted by Crippen LogP contribution is 2.26. The SMILES string of the molecule is Cc1ccc(-c2ccc(-c3ccnc(N)n3)[nH]2)c(F)c1. The number of aromatic amines is 1. The molecule has 0 aliphatic rings. The molecule has 0 amide bonds. The van der Waals surface area contributed by atoms with Crippen molar-refractivity contribution in [2.45, 2.75) is 6.92 Å². The fourth-order valence-corrected chi connectivity index (χ4v) is 2.06. The number of H-pyrrole nitrogens is 1. The summed E-state index contributed by atoms with van der Waals surface area (Å²) in [5.41, 5.74) is 9.13. The van der Waals surface area contributed by atoms with E-state index in [2.05, 4.69) is 15.0 Å². The van der Waals surface area contributed by atoms with Crippen LogP contribution in [0.15, 0.2) is 42.6 Å². The van der Waals surface area contributed by atoms with Gasteiger partial charge in [0.2, 0.25) is 5.95 Å². The van der Waals surface area contributed by atoms with Crippen molar-refractivity contribution in [3.8, 4) is 22.6 Å². The highest BCUT2D eigenvalue weighted by Gasteiger charge is 2.09. The number of nitrogens with zero attached hydrogens (tertiary/aromatic N) is 2. The standard InChI is InChI=1S/C15H13FN4/c1-9-2-3-10(11(16)8-9)12-4-5-13(19-12)14-6-7-18-15(17)20-14/h2-8,19H,1H3,(H2,17,18,20). The maximum atomic E-state index is 13.9. The summed E-state index contributed by atoms with van der Waals surface area (Å²) in [6.45, 7) is 1.86. The molecule has 2 heterocycles. The van der Waals surface area contributed by atoms with Crippen molar-refractivity contribution in [1.29, 1.82) is 0 Å². The first-order valence-corrected chi connectivity index (χ1v) is 6.18. The highest BCUT2D eigenvalue weighted by atomic mass is 19.1. The second kappa shape index (κ2) is 4.77. The van der Waals surface area contributed by atoms with Crippen LogP contribution in [0, 0.1) is 12.7 Å². The summed E-state index contributed by atoms with van der Waals surface area (Å²) in [4.78, 5) is 11.1. The summed E-state index contributed by atoms with van der Waals surface area (Å²) in [6.07, 6.45) is 1.59. The number of aromatic nitrogens is 3. The minimum Gasteiger partial charge on any atom is -0.368 e. The molecule has 2 aromatic heterocycles. The molecule has 0 atom stereocenters. The summed E-state index contributed by atoms with van der Waals surface area (Å²) >= 11 is 0. The van der Waals surface area contributed by atoms with E-state index in [9.17, 15) is 4.39 Å². The summed E-state index contributed by atoms with van der Waals surface area (Å²) in [5.74, 6) is -0.0410. The Balaban J connectivity index is 2.02. The van der Waals surface area contributed by atoms with Gasteiger partial charge >= 0.3 is 0 Å². The van der Waals surface area contributed by atoms with E-state index in [0.717, 1.165) is 11.3 Å². The van der Waals surface area contributed by atoms with Crippen molar-refractivity contribution in [1.82, 2.24) is 15.0 Å². The highest BCUT2D eigenvalue weighted by molar-refractivity contribution is 5.67. The number of benzene rings is 1. The third-order valence-electron chi connectivity index (χ3n) is 3.05. The number of aryl methyl sites for hydroxylation is 1. The lowest BCUT2D eigenvalue weighted by atomic mass is 10.1. The maximum Gasteiger partial charge on any atom is 0.220 e. The van der Waals surface area contributed by atoms with E-state index < -0.39 is 0 Å². The van der Waals surface area contributed by atoms with Crippen LogP contribution in [0.25, 0.3) is 22.6 Å². The largest absolute Gasteiger partial charge is 0.368 e. The summed E-state index contributed by atoms with van der Waals surface area (Å²) in [6, 6.07) is 10.6. The molecule has 0 fully saturated rings. The van der Waals surface area contributed by atoms with Gasteiger partial charge in [-0.3, -0.25) is 0 Å². The first kappa shape index (κ1) is 12.3. The van der Waals surface area contributed by atoms with Crippen molar-refractivity contribution in [3.05, 3.63) is 54.0 Å². The first-order valence-electron chi connectivity index (χ1n) is 6.18. The average molecular weight is 268 g/mol. The van der Waals surface area contributed by atoms with Gasteiger partial charge in [-0.25, -0.2) is 14.4 Å². The molecule has 0 radical (unpaired) electrons. The molecule has 100 valence electrons. The van der Waals surface area contributed by atoms with E-state index in [1.54, 1.807) is 18.3 Å². The van der Waals surface area contributed by atoms with Gasteiger partial charge in [0.05, 0.1) is 11.4 Å². The van der Waals surface area contributed by atoms with E-state index in [1.165, 1.54) is 6.07 Å². The number of hydrogen-bond acceptors (Lipinski definition) is 3. The molecule has 4 nitrogen and oxygen atoms in total. The number of rotatable bonds is 2. The van der Waals surface area contributed by atoms with Gasteiger partial charge in [-0.1, -0.05) is 6.07 Å². The van der Waals surface area contributed by atoms with E-state index in [1.807, 2.05) is 25.1 Å². The fourth-order valence-electron chi connectivity index (χ4n) is 2.06. The van der Waals surface area contributed by atoms with E-state index in [0.29, 0.717) is 17.0 Å². The predicted molar refractivity (Wildman–Crippen MR) is 76.4 cm³/mol. The van der Waals surface area contributed by atoms with Gasteiger partial charge in [0.25, 0.3) is 0 Å². The van der Waals surface area contributed by atoms with Gasteiger partial charge in [-0.2, -0.15) is 0 Å². The van der Waals surface area contributed by atoms with E-state index in [4.69, 9.17) is 5.73 Å². The Hall–Kier alpha value is -2.69. The van der Waals surface area contributed by atoms with Crippen LogP contribution in [0.3, 0.4) is 0 Å². The van der Waals surface area contributed by atoms with Crippen LogP contribution in [-0.4, -0.2) is 15.0 Å².